The van der Waals surface area contributed by atoms with Crippen molar-refractivity contribution in [2.75, 3.05) is 6.61 Å². The molecule has 0 aliphatic rings. The van der Waals surface area contributed by atoms with E-state index in [0.29, 0.717) is 6.42 Å². The van der Waals surface area contributed by atoms with Crippen molar-refractivity contribution in [2.24, 2.45) is 0 Å². The summed E-state index contributed by atoms with van der Waals surface area (Å²) in [6.45, 7) is -0.0926. The fourth-order valence-electron chi connectivity index (χ4n) is 1.06. The van der Waals surface area contributed by atoms with Crippen LogP contribution in [0.5, 0.6) is 0 Å². The Kier molecular flexibility index (Phi) is 3.85. The average molecular weight is 217 g/mol. The Hall–Kier alpha value is -1.36. The van der Waals surface area contributed by atoms with E-state index in [9.17, 15) is 13.2 Å². The molecule has 0 fully saturated rings. The summed E-state index contributed by atoms with van der Waals surface area (Å²) >= 11 is 0. The topological polar surface area (TPSA) is 33.1 Å². The predicted molar refractivity (Wildman–Crippen MR) is 50.0 cm³/mol. The molecule has 0 radical (unpaired) electrons. The van der Waals surface area contributed by atoms with Gasteiger partial charge in [0, 0.05) is 12.8 Å². The number of aromatic nitrogens is 1. The van der Waals surface area contributed by atoms with Crippen LogP contribution in [0.15, 0.2) is 24.4 Å². The summed E-state index contributed by atoms with van der Waals surface area (Å²) in [5.74, 6) is 0. The normalized spacial score (nSPS) is 12.3. The van der Waals surface area contributed by atoms with Gasteiger partial charge in [-0.25, -0.2) is 0 Å². The molecule has 1 aromatic heterocycles. The summed E-state index contributed by atoms with van der Waals surface area (Å²) < 4.78 is 37.3. The molecule has 0 aliphatic heterocycles. The van der Waals surface area contributed by atoms with Gasteiger partial charge in [-0.1, -0.05) is 6.08 Å². The number of halogens is 3. The van der Waals surface area contributed by atoms with Crippen LogP contribution in [-0.4, -0.2) is 16.7 Å². The monoisotopic (exact) mass is 217 g/mol. The number of aliphatic hydroxyl groups is 1. The Balaban J connectivity index is 2.97. The van der Waals surface area contributed by atoms with E-state index in [1.807, 2.05) is 0 Å². The Bertz CT molecular complexity index is 347. The van der Waals surface area contributed by atoms with Crippen molar-refractivity contribution in [3.8, 4) is 0 Å². The van der Waals surface area contributed by atoms with E-state index in [4.69, 9.17) is 5.11 Å². The fourth-order valence-corrected chi connectivity index (χ4v) is 1.06. The molecule has 1 rings (SSSR count). The number of pyridine rings is 1. The van der Waals surface area contributed by atoms with Gasteiger partial charge in [0.1, 0.15) is 0 Å². The molecule has 15 heavy (non-hydrogen) atoms. The molecule has 82 valence electrons. The van der Waals surface area contributed by atoms with Crippen LogP contribution in [0.3, 0.4) is 0 Å². The third-order valence-electron chi connectivity index (χ3n) is 1.72. The van der Waals surface area contributed by atoms with Gasteiger partial charge in [0.05, 0.1) is 11.3 Å². The van der Waals surface area contributed by atoms with Crippen molar-refractivity contribution in [2.45, 2.75) is 12.6 Å². The highest BCUT2D eigenvalue weighted by atomic mass is 19.4. The zero-order chi connectivity index (χ0) is 11.3. The van der Waals surface area contributed by atoms with E-state index >= 15 is 0 Å². The first-order valence-electron chi connectivity index (χ1n) is 4.35. The standard InChI is InChI=1S/C10H10F3NO/c11-10(12,13)8-4-3-6-14-9(8)5-1-2-7-15/h1,3-6,15H,2,7H2. The summed E-state index contributed by atoms with van der Waals surface area (Å²) in [4.78, 5) is 3.63. The highest BCUT2D eigenvalue weighted by molar-refractivity contribution is 5.49. The SMILES string of the molecule is OCCC=Cc1ncccc1C(F)(F)F. The molecule has 5 heteroatoms. The molecule has 1 N–H and O–H groups in total. The molecule has 1 heterocycles. The number of hydrogen-bond acceptors (Lipinski definition) is 2. The smallest absolute Gasteiger partial charge is 0.396 e. The molecule has 0 unspecified atom stereocenters. The Morgan fingerprint density at radius 1 is 1.40 bits per heavy atom. The zero-order valence-electron chi connectivity index (χ0n) is 7.83. The summed E-state index contributed by atoms with van der Waals surface area (Å²) in [7, 11) is 0. The largest absolute Gasteiger partial charge is 0.418 e. The van der Waals surface area contributed by atoms with E-state index < -0.39 is 11.7 Å². The van der Waals surface area contributed by atoms with Crippen LogP contribution in [0.4, 0.5) is 13.2 Å². The van der Waals surface area contributed by atoms with Crippen LogP contribution in [0.25, 0.3) is 6.08 Å². The van der Waals surface area contributed by atoms with Crippen LogP contribution in [-0.2, 0) is 6.18 Å². The molecule has 0 amide bonds. The summed E-state index contributed by atoms with van der Waals surface area (Å²) in [6, 6.07) is 2.22. The lowest BCUT2D eigenvalue weighted by Gasteiger charge is -2.08. The molecule has 0 atom stereocenters. The molecule has 0 aromatic carbocycles. The third kappa shape index (κ3) is 3.36. The Morgan fingerprint density at radius 2 is 2.13 bits per heavy atom. The van der Waals surface area contributed by atoms with Crippen molar-refractivity contribution < 1.29 is 18.3 Å². The minimum atomic E-state index is -4.40. The Morgan fingerprint density at radius 3 is 2.73 bits per heavy atom. The van der Waals surface area contributed by atoms with Gasteiger partial charge < -0.3 is 5.11 Å². The first-order chi connectivity index (χ1) is 7.05. The van der Waals surface area contributed by atoms with Gasteiger partial charge in [0.15, 0.2) is 0 Å². The van der Waals surface area contributed by atoms with Crippen molar-refractivity contribution in [3.63, 3.8) is 0 Å². The second-order valence-corrected chi connectivity index (χ2v) is 2.85. The minimum Gasteiger partial charge on any atom is -0.396 e. The second-order valence-electron chi connectivity index (χ2n) is 2.85. The van der Waals surface area contributed by atoms with E-state index in [-0.39, 0.29) is 12.3 Å². The van der Waals surface area contributed by atoms with Crippen molar-refractivity contribution in [1.29, 1.82) is 0 Å². The van der Waals surface area contributed by atoms with Crippen LogP contribution >= 0.6 is 0 Å². The third-order valence-corrected chi connectivity index (χ3v) is 1.72. The molecule has 1 aromatic rings. The van der Waals surface area contributed by atoms with Gasteiger partial charge in [-0.05, 0) is 24.6 Å². The van der Waals surface area contributed by atoms with Crippen LogP contribution in [0.2, 0.25) is 0 Å². The predicted octanol–water partition coefficient (Wildman–Crippen LogP) is 2.50. The summed E-state index contributed by atoms with van der Waals surface area (Å²) in [5, 5.41) is 8.48. The number of alkyl halides is 3. The Labute approximate surface area is 85.1 Å². The fraction of sp³-hybridized carbons (Fsp3) is 0.300. The van der Waals surface area contributed by atoms with Gasteiger partial charge in [0.25, 0.3) is 0 Å². The maximum atomic E-state index is 12.4. The highest BCUT2D eigenvalue weighted by Gasteiger charge is 2.32. The van der Waals surface area contributed by atoms with Gasteiger partial charge in [-0.15, -0.1) is 0 Å². The van der Waals surface area contributed by atoms with Gasteiger partial charge in [-0.3, -0.25) is 4.98 Å². The molecule has 0 aliphatic carbocycles. The maximum Gasteiger partial charge on any atom is 0.418 e. The molecule has 0 saturated heterocycles. The van der Waals surface area contributed by atoms with Gasteiger partial charge >= 0.3 is 6.18 Å². The van der Waals surface area contributed by atoms with E-state index in [1.54, 1.807) is 0 Å². The van der Waals surface area contributed by atoms with Crippen molar-refractivity contribution in [3.05, 3.63) is 35.7 Å². The molecule has 0 saturated carbocycles. The lowest BCUT2D eigenvalue weighted by molar-refractivity contribution is -0.138. The lowest BCUT2D eigenvalue weighted by Crippen LogP contribution is -2.08. The lowest BCUT2D eigenvalue weighted by atomic mass is 10.1. The van der Waals surface area contributed by atoms with Crippen molar-refractivity contribution in [1.82, 2.24) is 4.98 Å². The quantitative estimate of drug-likeness (QED) is 0.843. The second kappa shape index (κ2) is 4.93. The maximum absolute atomic E-state index is 12.4. The van der Waals surface area contributed by atoms with Crippen LogP contribution in [0, 0.1) is 0 Å². The number of hydrogen-bond donors (Lipinski definition) is 1. The first-order valence-corrected chi connectivity index (χ1v) is 4.35. The number of rotatable bonds is 3. The average Bonchev–Trinajstić information content (AvgIpc) is 2.17. The van der Waals surface area contributed by atoms with Gasteiger partial charge in [0.2, 0.25) is 0 Å². The molecule has 2 nitrogen and oxygen atoms in total. The van der Waals surface area contributed by atoms with E-state index in [1.165, 1.54) is 24.4 Å². The van der Waals surface area contributed by atoms with E-state index in [2.05, 4.69) is 4.98 Å². The number of nitrogens with zero attached hydrogens (tertiary/aromatic N) is 1. The van der Waals surface area contributed by atoms with Crippen LogP contribution < -0.4 is 0 Å². The zero-order valence-corrected chi connectivity index (χ0v) is 7.83. The summed E-state index contributed by atoms with van der Waals surface area (Å²) in [6.07, 6.45) is -0.0640. The molecular formula is C10H10F3NO. The number of aliphatic hydroxyl groups excluding tert-OH is 1. The highest BCUT2D eigenvalue weighted by Crippen LogP contribution is 2.31. The van der Waals surface area contributed by atoms with E-state index in [0.717, 1.165) is 6.07 Å². The summed E-state index contributed by atoms with van der Waals surface area (Å²) in [5.41, 5.74) is -0.891. The van der Waals surface area contributed by atoms with Crippen molar-refractivity contribution >= 4 is 6.08 Å². The minimum absolute atomic E-state index is 0.0926. The molecular weight excluding hydrogens is 207 g/mol. The van der Waals surface area contributed by atoms with Gasteiger partial charge in [-0.2, -0.15) is 13.2 Å². The molecule has 0 spiro atoms. The first kappa shape index (κ1) is 11.7. The van der Waals surface area contributed by atoms with Crippen LogP contribution in [0.1, 0.15) is 17.7 Å². The molecule has 0 bridgehead atoms.